The summed E-state index contributed by atoms with van der Waals surface area (Å²) in [7, 11) is 0. The molecule has 0 N–H and O–H groups in total. The number of ether oxygens (including phenoxy) is 2. The minimum atomic E-state index is -0.0266. The zero-order chi connectivity index (χ0) is 29.6. The first-order chi connectivity index (χ1) is 20.1. The van der Waals surface area contributed by atoms with Gasteiger partial charge in [-0.25, -0.2) is 14.6 Å². The second-order valence-corrected chi connectivity index (χ2v) is 11.7. The Balaban J connectivity index is 1.36. The lowest BCUT2D eigenvalue weighted by molar-refractivity contribution is 0.425. The van der Waals surface area contributed by atoms with E-state index in [1.54, 1.807) is 6.20 Å². The molecule has 6 aromatic rings. The van der Waals surface area contributed by atoms with E-state index < -0.39 is 0 Å². The standard InChI is InChI=1S/C35H35N5O2/c1-22-24(3)39-31(37-22)20-30(21-33(39)42-32-18-27(16-17-36-32)35(5,6)7)41-29-15-11-14-28(19-29)40-25(4)34(23(2)38-40)26-12-9-8-10-13-26/h8-21H,1-7H3. The quantitative estimate of drug-likeness (QED) is 0.205. The Labute approximate surface area is 246 Å². The van der Waals surface area contributed by atoms with Gasteiger partial charge in [0.2, 0.25) is 11.8 Å². The summed E-state index contributed by atoms with van der Waals surface area (Å²) in [6, 6.07) is 26.1. The number of rotatable bonds is 6. The molecule has 0 aliphatic carbocycles. The normalized spacial score (nSPS) is 11.7. The molecule has 4 aromatic heterocycles. The highest BCUT2D eigenvalue weighted by Gasteiger charge is 2.18. The summed E-state index contributed by atoms with van der Waals surface area (Å²) < 4.78 is 16.8. The molecule has 0 radical (unpaired) electrons. The summed E-state index contributed by atoms with van der Waals surface area (Å²) in [6.45, 7) is 14.7. The van der Waals surface area contributed by atoms with Gasteiger partial charge in [0.1, 0.15) is 17.1 Å². The van der Waals surface area contributed by atoms with Crippen molar-refractivity contribution in [1.82, 2.24) is 24.1 Å². The van der Waals surface area contributed by atoms with E-state index >= 15 is 0 Å². The second kappa shape index (κ2) is 10.5. The molecule has 7 heteroatoms. The maximum absolute atomic E-state index is 6.42. The summed E-state index contributed by atoms with van der Waals surface area (Å²) in [5, 5.41) is 4.86. The van der Waals surface area contributed by atoms with E-state index in [0.717, 1.165) is 50.8 Å². The van der Waals surface area contributed by atoms with Crippen LogP contribution >= 0.6 is 0 Å². The second-order valence-electron chi connectivity index (χ2n) is 11.7. The zero-order valence-electron chi connectivity index (χ0n) is 25.1. The van der Waals surface area contributed by atoms with Crippen molar-refractivity contribution < 1.29 is 9.47 Å². The van der Waals surface area contributed by atoms with Crippen LogP contribution in [0.4, 0.5) is 0 Å². The zero-order valence-corrected chi connectivity index (χ0v) is 25.1. The van der Waals surface area contributed by atoms with Gasteiger partial charge in [-0.1, -0.05) is 57.2 Å². The third kappa shape index (κ3) is 5.14. The Hall–Kier alpha value is -4.91. The maximum atomic E-state index is 6.42. The lowest BCUT2D eigenvalue weighted by Crippen LogP contribution is -2.11. The average molecular weight is 558 g/mol. The molecule has 0 bridgehead atoms. The molecular weight excluding hydrogens is 522 g/mol. The molecule has 0 saturated heterocycles. The molecule has 0 amide bonds. The van der Waals surface area contributed by atoms with Gasteiger partial charge in [-0.3, -0.25) is 4.40 Å². The molecule has 7 nitrogen and oxygen atoms in total. The van der Waals surface area contributed by atoms with Crippen molar-refractivity contribution in [3.63, 3.8) is 0 Å². The van der Waals surface area contributed by atoms with Crippen LogP contribution in [0.5, 0.6) is 23.3 Å². The molecular formula is C35H35N5O2. The molecule has 212 valence electrons. The van der Waals surface area contributed by atoms with Crippen molar-refractivity contribution in [1.29, 1.82) is 0 Å². The molecule has 0 aliphatic rings. The number of aromatic nitrogens is 5. The van der Waals surface area contributed by atoms with Crippen LogP contribution < -0.4 is 9.47 Å². The molecule has 0 spiro atoms. The number of fused-ring (bicyclic) bond motifs is 1. The Kier molecular flexibility index (Phi) is 6.81. The average Bonchev–Trinajstić information content (AvgIpc) is 3.42. The number of pyridine rings is 2. The summed E-state index contributed by atoms with van der Waals surface area (Å²) >= 11 is 0. The van der Waals surface area contributed by atoms with Crippen LogP contribution in [0.1, 0.15) is 49.1 Å². The predicted molar refractivity (Wildman–Crippen MR) is 166 cm³/mol. The van der Waals surface area contributed by atoms with Crippen LogP contribution in [0.15, 0.2) is 85.1 Å². The predicted octanol–water partition coefficient (Wildman–Crippen LogP) is 8.70. The molecule has 0 aliphatic heterocycles. The molecule has 0 fully saturated rings. The van der Waals surface area contributed by atoms with Crippen molar-refractivity contribution in [2.45, 2.75) is 53.9 Å². The number of imidazole rings is 1. The summed E-state index contributed by atoms with van der Waals surface area (Å²) in [5.74, 6) is 2.41. The minimum absolute atomic E-state index is 0.0266. The smallest absolute Gasteiger partial charge is 0.221 e. The topological polar surface area (TPSA) is 66.5 Å². The molecule has 2 aromatic carbocycles. The molecule has 6 rings (SSSR count). The maximum Gasteiger partial charge on any atom is 0.221 e. The van der Waals surface area contributed by atoms with E-state index in [1.807, 2.05) is 84.5 Å². The van der Waals surface area contributed by atoms with Gasteiger partial charge in [0.05, 0.1) is 17.1 Å². The fourth-order valence-electron chi connectivity index (χ4n) is 5.27. The van der Waals surface area contributed by atoms with Crippen LogP contribution in [0.2, 0.25) is 0 Å². The third-order valence-electron chi connectivity index (χ3n) is 7.59. The van der Waals surface area contributed by atoms with Crippen LogP contribution in [0.25, 0.3) is 22.5 Å². The van der Waals surface area contributed by atoms with Gasteiger partial charge in [0.25, 0.3) is 0 Å². The number of aryl methyl sites for hydroxylation is 3. The van der Waals surface area contributed by atoms with Gasteiger partial charge in [-0.2, -0.15) is 5.10 Å². The largest absolute Gasteiger partial charge is 0.457 e. The molecule has 0 atom stereocenters. The van der Waals surface area contributed by atoms with E-state index in [9.17, 15) is 0 Å². The van der Waals surface area contributed by atoms with Crippen molar-refractivity contribution in [2.75, 3.05) is 0 Å². The van der Waals surface area contributed by atoms with Gasteiger partial charge >= 0.3 is 0 Å². The van der Waals surface area contributed by atoms with Crippen molar-refractivity contribution in [2.24, 2.45) is 0 Å². The van der Waals surface area contributed by atoms with Crippen LogP contribution in [0.3, 0.4) is 0 Å². The van der Waals surface area contributed by atoms with Crippen molar-refractivity contribution in [3.8, 4) is 40.1 Å². The molecule has 4 heterocycles. The van der Waals surface area contributed by atoms with Crippen molar-refractivity contribution in [3.05, 3.63) is 113 Å². The lowest BCUT2D eigenvalue weighted by Gasteiger charge is -2.19. The first-order valence-electron chi connectivity index (χ1n) is 14.1. The lowest BCUT2D eigenvalue weighted by atomic mass is 9.88. The monoisotopic (exact) mass is 557 g/mol. The van der Waals surface area contributed by atoms with Crippen LogP contribution in [-0.4, -0.2) is 24.1 Å². The first kappa shape index (κ1) is 27.3. The van der Waals surface area contributed by atoms with E-state index in [-0.39, 0.29) is 5.41 Å². The van der Waals surface area contributed by atoms with Gasteiger partial charge in [-0.15, -0.1) is 0 Å². The van der Waals surface area contributed by atoms with Gasteiger partial charge < -0.3 is 9.47 Å². The van der Waals surface area contributed by atoms with Crippen molar-refractivity contribution >= 4 is 5.65 Å². The fraction of sp³-hybridized carbons (Fsp3) is 0.229. The highest BCUT2D eigenvalue weighted by atomic mass is 16.5. The Morgan fingerprint density at radius 2 is 1.50 bits per heavy atom. The van der Waals surface area contributed by atoms with Gasteiger partial charge in [-0.05, 0) is 62.4 Å². The summed E-state index contributed by atoms with van der Waals surface area (Å²) in [4.78, 5) is 9.24. The summed E-state index contributed by atoms with van der Waals surface area (Å²) in [6.07, 6.45) is 1.78. The highest BCUT2D eigenvalue weighted by Crippen LogP contribution is 2.34. The van der Waals surface area contributed by atoms with E-state index in [1.165, 1.54) is 0 Å². The fourth-order valence-corrected chi connectivity index (χ4v) is 5.27. The Morgan fingerprint density at radius 3 is 2.26 bits per heavy atom. The molecule has 0 unspecified atom stereocenters. The Morgan fingerprint density at radius 1 is 0.714 bits per heavy atom. The Bertz CT molecular complexity index is 1910. The van der Waals surface area contributed by atoms with E-state index in [2.05, 4.69) is 56.9 Å². The SMILES string of the molecule is Cc1nn(-c2cccc(Oc3cc(Oc4cc(C(C)(C)C)ccn4)n4c(C)c(C)nc4c3)c2)c(C)c1-c1ccccc1. The van der Waals surface area contributed by atoms with Crippen LogP contribution in [-0.2, 0) is 5.41 Å². The minimum Gasteiger partial charge on any atom is -0.457 e. The summed E-state index contributed by atoms with van der Waals surface area (Å²) in [5.41, 5.74) is 9.05. The number of benzene rings is 2. The van der Waals surface area contributed by atoms with Gasteiger partial charge in [0, 0.05) is 47.4 Å². The molecule has 42 heavy (non-hydrogen) atoms. The third-order valence-corrected chi connectivity index (χ3v) is 7.59. The number of hydrogen-bond donors (Lipinski definition) is 0. The highest BCUT2D eigenvalue weighted by molar-refractivity contribution is 5.69. The number of hydrogen-bond acceptors (Lipinski definition) is 5. The van der Waals surface area contributed by atoms with E-state index in [4.69, 9.17) is 19.6 Å². The van der Waals surface area contributed by atoms with Crippen LogP contribution in [0, 0.1) is 27.7 Å². The molecule has 0 saturated carbocycles. The first-order valence-corrected chi connectivity index (χ1v) is 14.1. The number of nitrogens with zero attached hydrogens (tertiary/aromatic N) is 5. The van der Waals surface area contributed by atoms with E-state index in [0.29, 0.717) is 23.3 Å². The van der Waals surface area contributed by atoms with Gasteiger partial charge in [0.15, 0.2) is 0 Å².